The number of nitrogens with one attached hydrogen (secondary N) is 1. The molecule has 0 amide bonds. The highest BCUT2D eigenvalue weighted by atomic mass is 32.2. The van der Waals surface area contributed by atoms with E-state index in [9.17, 15) is 8.42 Å². The highest BCUT2D eigenvalue weighted by Gasteiger charge is 2.34. The molecule has 2 rings (SSSR count). The average molecular weight is 289 g/mol. The van der Waals surface area contributed by atoms with Crippen molar-refractivity contribution >= 4 is 10.2 Å². The standard InChI is InChI=1S/C13H27N3O2S/c1-12(2)14-11-13-5-9-16(10-6-13)19(17,18)15-7-3-4-8-15/h12-14H,3-11H2,1-2H3. The van der Waals surface area contributed by atoms with Crippen molar-refractivity contribution < 1.29 is 8.42 Å². The molecule has 0 radical (unpaired) electrons. The van der Waals surface area contributed by atoms with Gasteiger partial charge < -0.3 is 5.32 Å². The fourth-order valence-corrected chi connectivity index (χ4v) is 4.55. The summed E-state index contributed by atoms with van der Waals surface area (Å²) in [6.07, 6.45) is 3.97. The number of piperidine rings is 1. The normalized spacial score (nSPS) is 24.4. The van der Waals surface area contributed by atoms with E-state index in [1.54, 1.807) is 8.61 Å². The Kier molecular flexibility index (Phi) is 5.22. The van der Waals surface area contributed by atoms with Crippen LogP contribution in [0.25, 0.3) is 0 Å². The fourth-order valence-electron chi connectivity index (χ4n) is 2.83. The zero-order valence-electron chi connectivity index (χ0n) is 12.1. The number of rotatable bonds is 5. The van der Waals surface area contributed by atoms with Crippen LogP contribution < -0.4 is 5.32 Å². The summed E-state index contributed by atoms with van der Waals surface area (Å²) in [7, 11) is -3.17. The summed E-state index contributed by atoms with van der Waals surface area (Å²) in [5.74, 6) is 0.618. The van der Waals surface area contributed by atoms with Crippen LogP contribution in [0.2, 0.25) is 0 Å². The molecule has 6 heteroatoms. The topological polar surface area (TPSA) is 52.7 Å². The van der Waals surface area contributed by atoms with Crippen molar-refractivity contribution in [1.82, 2.24) is 13.9 Å². The third-order valence-electron chi connectivity index (χ3n) is 4.11. The van der Waals surface area contributed by atoms with Crippen molar-refractivity contribution in [3.05, 3.63) is 0 Å². The Morgan fingerprint density at radius 1 is 1.05 bits per heavy atom. The molecule has 2 aliphatic heterocycles. The van der Waals surface area contributed by atoms with E-state index in [4.69, 9.17) is 0 Å². The monoisotopic (exact) mass is 289 g/mol. The second-order valence-electron chi connectivity index (χ2n) is 6.02. The minimum atomic E-state index is -3.17. The summed E-state index contributed by atoms with van der Waals surface area (Å²) >= 11 is 0. The van der Waals surface area contributed by atoms with Gasteiger partial charge in [-0.05, 0) is 38.1 Å². The van der Waals surface area contributed by atoms with E-state index in [0.29, 0.717) is 38.1 Å². The van der Waals surface area contributed by atoms with E-state index in [-0.39, 0.29) is 0 Å². The fraction of sp³-hybridized carbons (Fsp3) is 1.00. The number of hydrogen-bond donors (Lipinski definition) is 1. The zero-order chi connectivity index (χ0) is 13.9. The van der Waals surface area contributed by atoms with Gasteiger partial charge in [0.1, 0.15) is 0 Å². The van der Waals surface area contributed by atoms with E-state index in [0.717, 1.165) is 32.2 Å². The summed E-state index contributed by atoms with van der Waals surface area (Å²) in [5, 5.41) is 3.45. The Bertz CT molecular complexity index is 369. The quantitative estimate of drug-likeness (QED) is 0.823. The molecular formula is C13H27N3O2S. The van der Waals surface area contributed by atoms with Gasteiger partial charge in [0.15, 0.2) is 0 Å². The van der Waals surface area contributed by atoms with Crippen molar-refractivity contribution in [3.63, 3.8) is 0 Å². The molecule has 112 valence electrons. The van der Waals surface area contributed by atoms with Crippen molar-refractivity contribution in [1.29, 1.82) is 0 Å². The van der Waals surface area contributed by atoms with Crippen LogP contribution in [0.5, 0.6) is 0 Å². The van der Waals surface area contributed by atoms with Gasteiger partial charge in [-0.25, -0.2) is 0 Å². The first kappa shape index (κ1) is 15.2. The van der Waals surface area contributed by atoms with Crippen LogP contribution in [0.1, 0.15) is 39.5 Å². The van der Waals surface area contributed by atoms with Crippen LogP contribution >= 0.6 is 0 Å². The summed E-state index contributed by atoms with van der Waals surface area (Å²) in [4.78, 5) is 0. The Morgan fingerprint density at radius 3 is 2.11 bits per heavy atom. The molecule has 0 atom stereocenters. The van der Waals surface area contributed by atoms with E-state index in [2.05, 4.69) is 19.2 Å². The molecule has 0 aromatic rings. The largest absolute Gasteiger partial charge is 0.314 e. The second kappa shape index (κ2) is 6.52. The second-order valence-corrected chi connectivity index (χ2v) is 7.95. The van der Waals surface area contributed by atoms with Gasteiger partial charge in [0, 0.05) is 32.2 Å². The van der Waals surface area contributed by atoms with Crippen LogP contribution in [-0.2, 0) is 10.2 Å². The highest BCUT2D eigenvalue weighted by molar-refractivity contribution is 7.86. The van der Waals surface area contributed by atoms with Gasteiger partial charge in [0.05, 0.1) is 0 Å². The number of nitrogens with zero attached hydrogens (tertiary/aromatic N) is 2. The lowest BCUT2D eigenvalue weighted by Crippen LogP contribution is -2.47. The van der Waals surface area contributed by atoms with Crippen molar-refractivity contribution in [2.24, 2.45) is 5.92 Å². The van der Waals surface area contributed by atoms with E-state index >= 15 is 0 Å². The summed E-state index contributed by atoms with van der Waals surface area (Å²) in [5.41, 5.74) is 0. The predicted molar refractivity (Wildman–Crippen MR) is 77.2 cm³/mol. The molecule has 0 aromatic heterocycles. The first-order chi connectivity index (χ1) is 9.00. The Balaban J connectivity index is 1.82. The maximum atomic E-state index is 12.4. The van der Waals surface area contributed by atoms with Gasteiger partial charge in [-0.15, -0.1) is 0 Å². The molecule has 2 saturated heterocycles. The van der Waals surface area contributed by atoms with Gasteiger partial charge in [0.25, 0.3) is 10.2 Å². The number of hydrogen-bond acceptors (Lipinski definition) is 3. The van der Waals surface area contributed by atoms with Gasteiger partial charge in [-0.1, -0.05) is 13.8 Å². The van der Waals surface area contributed by atoms with Crippen molar-refractivity contribution in [2.45, 2.75) is 45.6 Å². The minimum absolute atomic E-state index is 0.506. The Morgan fingerprint density at radius 2 is 1.58 bits per heavy atom. The molecule has 0 saturated carbocycles. The maximum absolute atomic E-state index is 12.4. The molecule has 0 aliphatic carbocycles. The van der Waals surface area contributed by atoms with Crippen LogP contribution in [0.4, 0.5) is 0 Å². The van der Waals surface area contributed by atoms with Crippen molar-refractivity contribution in [2.75, 3.05) is 32.7 Å². The van der Waals surface area contributed by atoms with E-state index in [1.807, 2.05) is 0 Å². The first-order valence-corrected chi connectivity index (χ1v) is 8.88. The van der Waals surface area contributed by atoms with Gasteiger partial charge >= 0.3 is 0 Å². The average Bonchev–Trinajstić information content (AvgIpc) is 2.91. The molecule has 2 heterocycles. The molecule has 0 spiro atoms. The Hall–Kier alpha value is -0.170. The first-order valence-electron chi connectivity index (χ1n) is 7.49. The molecule has 1 N–H and O–H groups in total. The summed E-state index contributed by atoms with van der Waals surface area (Å²) in [6, 6.07) is 0.506. The zero-order valence-corrected chi connectivity index (χ0v) is 13.0. The minimum Gasteiger partial charge on any atom is -0.314 e. The molecule has 5 nitrogen and oxygen atoms in total. The summed E-state index contributed by atoms with van der Waals surface area (Å²) < 4.78 is 28.1. The van der Waals surface area contributed by atoms with Gasteiger partial charge in [-0.2, -0.15) is 17.0 Å². The SMILES string of the molecule is CC(C)NCC1CCN(S(=O)(=O)N2CCCC2)CC1. The van der Waals surface area contributed by atoms with Crippen LogP contribution in [0.15, 0.2) is 0 Å². The van der Waals surface area contributed by atoms with E-state index in [1.165, 1.54) is 0 Å². The highest BCUT2D eigenvalue weighted by Crippen LogP contribution is 2.23. The van der Waals surface area contributed by atoms with Gasteiger partial charge in [0.2, 0.25) is 0 Å². The smallest absolute Gasteiger partial charge is 0.281 e. The predicted octanol–water partition coefficient (Wildman–Crippen LogP) is 1.04. The van der Waals surface area contributed by atoms with Gasteiger partial charge in [-0.3, -0.25) is 0 Å². The van der Waals surface area contributed by atoms with Crippen LogP contribution in [0.3, 0.4) is 0 Å². The van der Waals surface area contributed by atoms with Crippen LogP contribution in [-0.4, -0.2) is 55.8 Å². The molecule has 19 heavy (non-hydrogen) atoms. The molecular weight excluding hydrogens is 262 g/mol. The summed E-state index contributed by atoms with van der Waals surface area (Å²) in [6.45, 7) is 8.08. The van der Waals surface area contributed by atoms with Crippen molar-refractivity contribution in [3.8, 4) is 0 Å². The molecule has 0 bridgehead atoms. The van der Waals surface area contributed by atoms with Crippen LogP contribution in [0, 0.1) is 5.92 Å². The maximum Gasteiger partial charge on any atom is 0.281 e. The lowest BCUT2D eigenvalue weighted by atomic mass is 9.98. The molecule has 0 aromatic carbocycles. The molecule has 2 aliphatic rings. The molecule has 2 fully saturated rings. The van der Waals surface area contributed by atoms with E-state index < -0.39 is 10.2 Å². The lowest BCUT2D eigenvalue weighted by Gasteiger charge is -2.34. The third-order valence-corrected chi connectivity index (χ3v) is 6.14. The lowest BCUT2D eigenvalue weighted by molar-refractivity contribution is 0.251. The third kappa shape index (κ3) is 3.90. The Labute approximate surface area is 117 Å². The molecule has 0 unspecified atom stereocenters.